The highest BCUT2D eigenvalue weighted by Gasteiger charge is 2.24. The third kappa shape index (κ3) is 5.25. The van der Waals surface area contributed by atoms with Gasteiger partial charge in [0, 0.05) is 12.6 Å². The maximum atomic E-state index is 11.5. The Bertz CT molecular complexity index is 408. The normalized spacial score (nSPS) is 18.1. The fraction of sp³-hybridized carbons (Fsp3) is 0.500. The molecule has 0 bridgehead atoms. The lowest BCUT2D eigenvalue weighted by molar-refractivity contribution is -0.141. The van der Waals surface area contributed by atoms with Crippen molar-refractivity contribution in [2.45, 2.75) is 18.5 Å². The minimum Gasteiger partial charge on any atom is -0.480 e. The number of nitrogens with two attached hydrogens (primary N) is 1. The Morgan fingerprint density at radius 2 is 2.11 bits per heavy atom. The van der Waals surface area contributed by atoms with Crippen LogP contribution < -0.4 is 16.4 Å². The number of carboxylic acids is 1. The number of aliphatic carboxylic acids is 1. The first kappa shape index (κ1) is 14.8. The highest BCUT2D eigenvalue weighted by atomic mass is 16.4. The van der Waals surface area contributed by atoms with Crippen LogP contribution >= 0.6 is 0 Å². The Kier molecular flexibility index (Phi) is 5.61. The summed E-state index contributed by atoms with van der Waals surface area (Å²) < 4.78 is 0. The number of hydrogen-bond acceptors (Lipinski definition) is 6. The monoisotopic (exact) mass is 269 g/mol. The molecule has 0 aromatic carbocycles. The molecule has 9 heteroatoms. The number of carbonyl (C=O) groups excluding carboxylic acids is 2. The molecule has 1 aliphatic rings. The number of amides is 2. The van der Waals surface area contributed by atoms with Crippen molar-refractivity contribution in [3.05, 3.63) is 0 Å². The van der Waals surface area contributed by atoms with Gasteiger partial charge in [-0.05, 0) is 0 Å². The lowest BCUT2D eigenvalue weighted by Crippen LogP contribution is -2.47. The molecule has 0 aromatic heterocycles. The first-order valence-electron chi connectivity index (χ1n) is 5.56. The van der Waals surface area contributed by atoms with Gasteiger partial charge in [0.15, 0.2) is 0 Å². The van der Waals surface area contributed by atoms with Gasteiger partial charge in [-0.15, -0.1) is 0 Å². The molecule has 1 heterocycles. The second kappa shape index (κ2) is 7.21. The quantitative estimate of drug-likeness (QED) is 0.403. The zero-order chi connectivity index (χ0) is 14.3. The van der Waals surface area contributed by atoms with Crippen LogP contribution in [0.3, 0.4) is 0 Å². The molecule has 0 aromatic rings. The third-order valence-corrected chi connectivity index (χ3v) is 2.32. The molecule has 9 nitrogen and oxygen atoms in total. The van der Waals surface area contributed by atoms with Crippen LogP contribution in [0.25, 0.3) is 0 Å². The van der Waals surface area contributed by atoms with Gasteiger partial charge in [-0.25, -0.2) is 9.79 Å². The SMILES string of the molecule is NCC(=O)NCC(=O)N[C@@H](CC1C=NC=N1)C(=O)O. The smallest absolute Gasteiger partial charge is 0.326 e. The summed E-state index contributed by atoms with van der Waals surface area (Å²) in [5.74, 6) is -2.27. The average molecular weight is 269 g/mol. The van der Waals surface area contributed by atoms with E-state index in [9.17, 15) is 14.4 Å². The first-order valence-corrected chi connectivity index (χ1v) is 5.56. The summed E-state index contributed by atoms with van der Waals surface area (Å²) >= 11 is 0. The molecule has 1 aliphatic heterocycles. The molecule has 0 spiro atoms. The molecule has 1 rings (SSSR count). The molecule has 0 saturated carbocycles. The lowest BCUT2D eigenvalue weighted by atomic mass is 10.1. The van der Waals surface area contributed by atoms with E-state index in [1.165, 1.54) is 12.6 Å². The lowest BCUT2D eigenvalue weighted by Gasteiger charge is -2.15. The molecule has 0 fully saturated rings. The molecule has 0 aliphatic carbocycles. The summed E-state index contributed by atoms with van der Waals surface area (Å²) in [6.07, 6.45) is 2.93. The zero-order valence-electron chi connectivity index (χ0n) is 10.1. The highest BCUT2D eigenvalue weighted by molar-refractivity contribution is 5.89. The molecule has 0 saturated heterocycles. The summed E-state index contributed by atoms with van der Waals surface area (Å²) in [6.45, 7) is -0.551. The van der Waals surface area contributed by atoms with Crippen LogP contribution in [0.15, 0.2) is 9.98 Å². The Morgan fingerprint density at radius 3 is 2.63 bits per heavy atom. The Labute approximate surface area is 109 Å². The van der Waals surface area contributed by atoms with Gasteiger partial charge in [0.2, 0.25) is 11.8 Å². The van der Waals surface area contributed by atoms with Gasteiger partial charge < -0.3 is 21.5 Å². The molecule has 2 amide bonds. The average Bonchev–Trinajstić information content (AvgIpc) is 2.87. The summed E-state index contributed by atoms with van der Waals surface area (Å²) in [7, 11) is 0. The molecule has 19 heavy (non-hydrogen) atoms. The van der Waals surface area contributed by atoms with Crippen LogP contribution in [0.1, 0.15) is 6.42 Å². The van der Waals surface area contributed by atoms with E-state index < -0.39 is 23.8 Å². The van der Waals surface area contributed by atoms with Gasteiger partial charge in [0.25, 0.3) is 0 Å². The van der Waals surface area contributed by atoms with E-state index in [0.717, 1.165) is 0 Å². The summed E-state index contributed by atoms with van der Waals surface area (Å²) in [5.41, 5.74) is 5.05. The topological polar surface area (TPSA) is 146 Å². The van der Waals surface area contributed by atoms with E-state index in [1.807, 2.05) is 0 Å². The number of rotatable bonds is 7. The van der Waals surface area contributed by atoms with E-state index in [-0.39, 0.29) is 25.6 Å². The fourth-order valence-electron chi connectivity index (χ4n) is 1.38. The minimum atomic E-state index is -1.17. The van der Waals surface area contributed by atoms with Crippen molar-refractivity contribution in [2.75, 3.05) is 13.1 Å². The second-order valence-electron chi connectivity index (χ2n) is 3.80. The van der Waals surface area contributed by atoms with Crippen LogP contribution in [0.2, 0.25) is 0 Å². The maximum absolute atomic E-state index is 11.5. The predicted octanol–water partition coefficient (Wildman–Crippen LogP) is -2.50. The molecule has 5 N–H and O–H groups in total. The number of carboxylic acid groups (broad SMARTS) is 1. The van der Waals surface area contributed by atoms with E-state index >= 15 is 0 Å². The molecular weight excluding hydrogens is 254 g/mol. The third-order valence-electron chi connectivity index (χ3n) is 2.32. The molecule has 0 radical (unpaired) electrons. The number of carbonyl (C=O) groups is 3. The van der Waals surface area contributed by atoms with Crippen LogP contribution in [0.5, 0.6) is 0 Å². The van der Waals surface area contributed by atoms with Crippen LogP contribution in [0.4, 0.5) is 0 Å². The Morgan fingerprint density at radius 1 is 1.37 bits per heavy atom. The number of nitrogens with one attached hydrogen (secondary N) is 2. The van der Waals surface area contributed by atoms with Crippen molar-refractivity contribution in [3.63, 3.8) is 0 Å². The van der Waals surface area contributed by atoms with E-state index in [4.69, 9.17) is 10.8 Å². The van der Waals surface area contributed by atoms with Crippen molar-refractivity contribution >= 4 is 30.3 Å². The Hall–Kier alpha value is -2.29. The van der Waals surface area contributed by atoms with Crippen molar-refractivity contribution in [3.8, 4) is 0 Å². The molecule has 104 valence electrons. The first-order chi connectivity index (χ1) is 9.02. The fourth-order valence-corrected chi connectivity index (χ4v) is 1.38. The Balaban J connectivity index is 2.42. The predicted molar refractivity (Wildman–Crippen MR) is 67.0 cm³/mol. The van der Waals surface area contributed by atoms with Gasteiger partial charge in [-0.1, -0.05) is 0 Å². The molecule has 2 atom stereocenters. The number of aliphatic imine (C=N–C) groups is 2. The van der Waals surface area contributed by atoms with Crippen LogP contribution in [-0.2, 0) is 14.4 Å². The highest BCUT2D eigenvalue weighted by Crippen LogP contribution is 2.04. The van der Waals surface area contributed by atoms with Crippen molar-refractivity contribution in [2.24, 2.45) is 15.7 Å². The van der Waals surface area contributed by atoms with E-state index in [0.29, 0.717) is 0 Å². The van der Waals surface area contributed by atoms with Gasteiger partial charge in [-0.3, -0.25) is 14.6 Å². The van der Waals surface area contributed by atoms with Crippen molar-refractivity contribution in [1.29, 1.82) is 0 Å². The van der Waals surface area contributed by atoms with Crippen molar-refractivity contribution in [1.82, 2.24) is 10.6 Å². The standard InChI is InChI=1S/C10H15N5O4/c11-2-8(16)13-4-9(17)15-7(10(18)19)1-6-3-12-5-14-6/h3,5-7H,1-2,4,11H2,(H,13,16)(H,15,17)(H,18,19)/t6?,7-/m0/s1. The summed E-state index contributed by atoms with van der Waals surface area (Å²) in [5, 5.41) is 13.5. The van der Waals surface area contributed by atoms with E-state index in [1.54, 1.807) is 0 Å². The van der Waals surface area contributed by atoms with Gasteiger partial charge in [-0.2, -0.15) is 0 Å². The van der Waals surface area contributed by atoms with Gasteiger partial charge >= 0.3 is 5.97 Å². The molecular formula is C10H15N5O4. The largest absolute Gasteiger partial charge is 0.480 e. The van der Waals surface area contributed by atoms with Crippen LogP contribution in [0, 0.1) is 0 Å². The van der Waals surface area contributed by atoms with Crippen molar-refractivity contribution < 1.29 is 19.5 Å². The summed E-state index contributed by atoms with van der Waals surface area (Å²) in [4.78, 5) is 40.9. The van der Waals surface area contributed by atoms with Gasteiger partial charge in [0.05, 0.1) is 19.1 Å². The minimum absolute atomic E-state index is 0.103. The number of nitrogens with zero attached hydrogens (tertiary/aromatic N) is 2. The second-order valence-corrected chi connectivity index (χ2v) is 3.80. The van der Waals surface area contributed by atoms with E-state index in [2.05, 4.69) is 20.6 Å². The maximum Gasteiger partial charge on any atom is 0.326 e. The zero-order valence-corrected chi connectivity index (χ0v) is 10.1. The summed E-state index contributed by atoms with van der Waals surface area (Å²) in [6, 6.07) is -1.45. The number of hydrogen-bond donors (Lipinski definition) is 4. The van der Waals surface area contributed by atoms with Crippen LogP contribution in [-0.4, -0.2) is 60.6 Å². The molecule has 1 unspecified atom stereocenters. The van der Waals surface area contributed by atoms with Gasteiger partial charge in [0.1, 0.15) is 12.4 Å².